The van der Waals surface area contributed by atoms with Crippen molar-refractivity contribution in [3.05, 3.63) is 23.2 Å². The van der Waals surface area contributed by atoms with Gasteiger partial charge in [-0.1, -0.05) is 13.3 Å². The highest BCUT2D eigenvalue weighted by molar-refractivity contribution is 5.30. The van der Waals surface area contributed by atoms with Crippen molar-refractivity contribution in [2.24, 2.45) is 0 Å². The summed E-state index contributed by atoms with van der Waals surface area (Å²) in [5.74, 6) is 1.15. The summed E-state index contributed by atoms with van der Waals surface area (Å²) in [6.45, 7) is 4.11. The minimum atomic E-state index is 0.916. The first-order valence-corrected chi connectivity index (χ1v) is 4.20. The third-order valence-corrected chi connectivity index (χ3v) is 2.17. The van der Waals surface area contributed by atoms with Crippen LogP contribution in [-0.2, 0) is 19.5 Å². The molecular formula is C9H13NO. The first-order chi connectivity index (χ1) is 5.42. The van der Waals surface area contributed by atoms with Gasteiger partial charge in [0, 0.05) is 12.1 Å². The van der Waals surface area contributed by atoms with Gasteiger partial charge in [-0.05, 0) is 12.0 Å². The summed E-state index contributed by atoms with van der Waals surface area (Å²) in [6, 6.07) is 0. The smallest absolute Gasteiger partial charge is 0.122 e. The van der Waals surface area contributed by atoms with Crippen LogP contribution in [0.4, 0.5) is 0 Å². The van der Waals surface area contributed by atoms with Crippen LogP contribution in [0.1, 0.15) is 30.2 Å². The molecule has 1 aromatic heterocycles. The quantitative estimate of drug-likeness (QED) is 0.697. The van der Waals surface area contributed by atoms with E-state index in [1.165, 1.54) is 17.5 Å². The second kappa shape index (κ2) is 2.70. The molecule has 0 bridgehead atoms. The molecular weight excluding hydrogens is 138 g/mol. The second-order valence-electron chi connectivity index (χ2n) is 3.02. The van der Waals surface area contributed by atoms with Crippen LogP contribution in [0.25, 0.3) is 0 Å². The molecule has 2 nitrogen and oxygen atoms in total. The van der Waals surface area contributed by atoms with Crippen molar-refractivity contribution in [1.82, 2.24) is 5.32 Å². The molecule has 2 heterocycles. The maximum atomic E-state index is 5.40. The summed E-state index contributed by atoms with van der Waals surface area (Å²) in [6.07, 6.45) is 4.27. The Hall–Kier alpha value is -0.760. The fourth-order valence-electron chi connectivity index (χ4n) is 1.60. The highest BCUT2D eigenvalue weighted by Gasteiger charge is 2.17. The van der Waals surface area contributed by atoms with Gasteiger partial charge < -0.3 is 9.73 Å². The molecule has 1 aliphatic heterocycles. The lowest BCUT2D eigenvalue weighted by atomic mass is 10.1. The van der Waals surface area contributed by atoms with Gasteiger partial charge in [-0.15, -0.1) is 0 Å². The normalized spacial score (nSPS) is 15.4. The Morgan fingerprint density at radius 2 is 2.45 bits per heavy atom. The monoisotopic (exact) mass is 151 g/mol. The summed E-state index contributed by atoms with van der Waals surface area (Å²) in [5.41, 5.74) is 2.80. The topological polar surface area (TPSA) is 25.2 Å². The Bertz CT molecular complexity index is 252. The fraction of sp³-hybridized carbons (Fsp3) is 0.556. The van der Waals surface area contributed by atoms with Crippen LogP contribution in [0.5, 0.6) is 0 Å². The van der Waals surface area contributed by atoms with Crippen LogP contribution in [0.2, 0.25) is 0 Å². The third kappa shape index (κ3) is 1.07. The lowest BCUT2D eigenvalue weighted by Crippen LogP contribution is -2.01. The van der Waals surface area contributed by atoms with E-state index in [4.69, 9.17) is 4.42 Å². The molecule has 60 valence electrons. The minimum absolute atomic E-state index is 0.916. The molecule has 0 amide bonds. The van der Waals surface area contributed by atoms with Crippen LogP contribution in [-0.4, -0.2) is 0 Å². The maximum Gasteiger partial charge on any atom is 0.122 e. The minimum Gasteiger partial charge on any atom is -0.467 e. The van der Waals surface area contributed by atoms with E-state index in [1.807, 2.05) is 6.26 Å². The van der Waals surface area contributed by atoms with Crippen molar-refractivity contribution < 1.29 is 4.42 Å². The number of aryl methyl sites for hydroxylation is 1. The predicted molar refractivity (Wildman–Crippen MR) is 43.2 cm³/mol. The lowest BCUT2D eigenvalue weighted by molar-refractivity contribution is 0.502. The summed E-state index contributed by atoms with van der Waals surface area (Å²) < 4.78 is 5.40. The van der Waals surface area contributed by atoms with E-state index in [-0.39, 0.29) is 0 Å². The number of fused-ring (bicyclic) bond motifs is 1. The Labute approximate surface area is 66.6 Å². The van der Waals surface area contributed by atoms with Crippen molar-refractivity contribution in [2.45, 2.75) is 32.9 Å². The van der Waals surface area contributed by atoms with Gasteiger partial charge in [0.1, 0.15) is 5.76 Å². The van der Waals surface area contributed by atoms with E-state index < -0.39 is 0 Å². The molecule has 0 radical (unpaired) electrons. The van der Waals surface area contributed by atoms with Gasteiger partial charge in [-0.3, -0.25) is 0 Å². The van der Waals surface area contributed by atoms with Crippen molar-refractivity contribution in [1.29, 1.82) is 0 Å². The molecule has 2 rings (SSSR count). The number of hydrogen-bond donors (Lipinski definition) is 1. The highest BCUT2D eigenvalue weighted by atomic mass is 16.3. The van der Waals surface area contributed by atoms with E-state index >= 15 is 0 Å². The van der Waals surface area contributed by atoms with Gasteiger partial charge in [0.25, 0.3) is 0 Å². The SMILES string of the molecule is CCCc1coc2c1CNC2. The van der Waals surface area contributed by atoms with Crippen LogP contribution in [0.15, 0.2) is 10.7 Å². The summed E-state index contributed by atoms with van der Waals surface area (Å²) in [4.78, 5) is 0. The van der Waals surface area contributed by atoms with Gasteiger partial charge >= 0.3 is 0 Å². The van der Waals surface area contributed by atoms with Crippen LogP contribution < -0.4 is 5.32 Å². The van der Waals surface area contributed by atoms with Crippen LogP contribution >= 0.6 is 0 Å². The molecule has 1 aliphatic rings. The zero-order valence-corrected chi connectivity index (χ0v) is 6.81. The average Bonchev–Trinajstić information content (AvgIpc) is 2.53. The summed E-state index contributed by atoms with van der Waals surface area (Å²) in [7, 11) is 0. The lowest BCUT2D eigenvalue weighted by Gasteiger charge is -1.94. The Morgan fingerprint density at radius 3 is 3.27 bits per heavy atom. The fourth-order valence-corrected chi connectivity index (χ4v) is 1.60. The Kier molecular flexibility index (Phi) is 1.70. The molecule has 0 unspecified atom stereocenters. The molecule has 2 heteroatoms. The molecule has 1 N–H and O–H groups in total. The standard InChI is InChI=1S/C9H13NO/c1-2-3-7-6-11-9-5-10-4-8(7)9/h6,10H,2-5H2,1H3. The van der Waals surface area contributed by atoms with Gasteiger partial charge in [0.05, 0.1) is 12.8 Å². The molecule has 0 saturated carbocycles. The van der Waals surface area contributed by atoms with E-state index in [0.717, 1.165) is 25.3 Å². The average molecular weight is 151 g/mol. The summed E-state index contributed by atoms with van der Waals surface area (Å²) in [5, 5.41) is 3.27. The van der Waals surface area contributed by atoms with E-state index in [9.17, 15) is 0 Å². The molecule has 0 aliphatic carbocycles. The van der Waals surface area contributed by atoms with Crippen molar-refractivity contribution in [3.63, 3.8) is 0 Å². The van der Waals surface area contributed by atoms with Crippen molar-refractivity contribution in [2.75, 3.05) is 0 Å². The zero-order valence-electron chi connectivity index (χ0n) is 6.81. The third-order valence-electron chi connectivity index (χ3n) is 2.17. The maximum absolute atomic E-state index is 5.40. The van der Waals surface area contributed by atoms with Gasteiger partial charge in [-0.2, -0.15) is 0 Å². The molecule has 0 aromatic carbocycles. The number of nitrogens with one attached hydrogen (secondary N) is 1. The van der Waals surface area contributed by atoms with Gasteiger partial charge in [-0.25, -0.2) is 0 Å². The van der Waals surface area contributed by atoms with Crippen LogP contribution in [0, 0.1) is 0 Å². The largest absolute Gasteiger partial charge is 0.467 e. The number of rotatable bonds is 2. The number of hydrogen-bond acceptors (Lipinski definition) is 2. The van der Waals surface area contributed by atoms with E-state index in [1.54, 1.807) is 0 Å². The molecule has 0 spiro atoms. The molecule has 0 atom stereocenters. The predicted octanol–water partition coefficient (Wildman–Crippen LogP) is 1.84. The van der Waals surface area contributed by atoms with Gasteiger partial charge in [0.15, 0.2) is 0 Å². The molecule has 0 fully saturated rings. The van der Waals surface area contributed by atoms with E-state index in [0.29, 0.717) is 0 Å². The first-order valence-electron chi connectivity index (χ1n) is 4.20. The van der Waals surface area contributed by atoms with Crippen molar-refractivity contribution in [3.8, 4) is 0 Å². The molecule has 0 saturated heterocycles. The van der Waals surface area contributed by atoms with E-state index in [2.05, 4.69) is 12.2 Å². The first kappa shape index (κ1) is 6.92. The Morgan fingerprint density at radius 1 is 1.55 bits per heavy atom. The zero-order chi connectivity index (χ0) is 7.68. The highest BCUT2D eigenvalue weighted by Crippen LogP contribution is 2.22. The summed E-state index contributed by atoms with van der Waals surface area (Å²) >= 11 is 0. The van der Waals surface area contributed by atoms with Crippen LogP contribution in [0.3, 0.4) is 0 Å². The molecule has 11 heavy (non-hydrogen) atoms. The van der Waals surface area contributed by atoms with Gasteiger partial charge in [0.2, 0.25) is 0 Å². The molecule has 1 aromatic rings. The Balaban J connectivity index is 2.27. The van der Waals surface area contributed by atoms with Crippen molar-refractivity contribution >= 4 is 0 Å². The second-order valence-corrected chi connectivity index (χ2v) is 3.02. The number of furan rings is 1.